The number of nitrogens with zero attached hydrogens (tertiary/aromatic N) is 3. The van der Waals surface area contributed by atoms with E-state index in [9.17, 15) is 9.59 Å². The van der Waals surface area contributed by atoms with Crippen LogP contribution in [0.5, 0.6) is 0 Å². The molecule has 0 spiro atoms. The quantitative estimate of drug-likeness (QED) is 0.789. The van der Waals surface area contributed by atoms with Gasteiger partial charge in [0.1, 0.15) is 11.2 Å². The van der Waals surface area contributed by atoms with Gasteiger partial charge in [-0.3, -0.25) is 19.1 Å². The molecule has 6 nitrogen and oxygen atoms in total. The number of hydrogen-bond acceptors (Lipinski definition) is 4. The molecule has 0 unspecified atom stereocenters. The maximum Gasteiger partial charge on any atom is 0.264 e. The molecule has 0 saturated heterocycles. The number of fused-ring (bicyclic) bond motifs is 1. The lowest BCUT2D eigenvalue weighted by Gasteiger charge is -2.08. The van der Waals surface area contributed by atoms with Crippen molar-refractivity contribution in [1.29, 1.82) is 0 Å². The minimum absolute atomic E-state index is 0.0962. The van der Waals surface area contributed by atoms with Crippen LogP contribution in [0.25, 0.3) is 11.0 Å². The molecule has 0 fully saturated rings. The van der Waals surface area contributed by atoms with E-state index in [0.717, 1.165) is 11.1 Å². The predicted octanol–water partition coefficient (Wildman–Crippen LogP) is 1.26. The summed E-state index contributed by atoms with van der Waals surface area (Å²) in [7, 11) is 1.60. The van der Waals surface area contributed by atoms with E-state index in [4.69, 9.17) is 0 Å². The topological polar surface area (TPSA) is 76.9 Å². The van der Waals surface area contributed by atoms with Crippen LogP contribution in [-0.4, -0.2) is 20.4 Å². The summed E-state index contributed by atoms with van der Waals surface area (Å²) in [5, 5.41) is 3.46. The average molecular weight is 294 g/mol. The molecule has 6 heteroatoms. The monoisotopic (exact) mass is 294 g/mol. The summed E-state index contributed by atoms with van der Waals surface area (Å²) in [5.41, 5.74) is 1.01. The van der Waals surface area contributed by atoms with Gasteiger partial charge in [-0.25, -0.2) is 4.98 Å². The SMILES string of the molecule is Cn1c(=O)c(C(=O)NCc2ccccn2)cc2cccnc21. The number of carbonyl (C=O) groups is 1. The molecule has 0 radical (unpaired) electrons. The molecule has 0 atom stereocenters. The van der Waals surface area contributed by atoms with Gasteiger partial charge in [0.2, 0.25) is 0 Å². The lowest BCUT2D eigenvalue weighted by molar-refractivity contribution is 0.0948. The Hall–Kier alpha value is -3.02. The highest BCUT2D eigenvalue weighted by molar-refractivity contribution is 5.96. The van der Waals surface area contributed by atoms with E-state index in [1.54, 1.807) is 37.6 Å². The second-order valence-electron chi connectivity index (χ2n) is 4.84. The Morgan fingerprint density at radius 2 is 2.00 bits per heavy atom. The van der Waals surface area contributed by atoms with Gasteiger partial charge >= 0.3 is 0 Å². The van der Waals surface area contributed by atoms with E-state index >= 15 is 0 Å². The van der Waals surface area contributed by atoms with E-state index in [1.807, 2.05) is 18.2 Å². The van der Waals surface area contributed by atoms with Crippen molar-refractivity contribution in [1.82, 2.24) is 19.9 Å². The van der Waals surface area contributed by atoms with Crippen LogP contribution in [0.1, 0.15) is 16.1 Å². The summed E-state index contributed by atoms with van der Waals surface area (Å²) in [6.07, 6.45) is 3.27. The van der Waals surface area contributed by atoms with E-state index in [2.05, 4.69) is 15.3 Å². The van der Waals surface area contributed by atoms with Gasteiger partial charge in [0.15, 0.2) is 0 Å². The zero-order chi connectivity index (χ0) is 15.5. The van der Waals surface area contributed by atoms with Crippen LogP contribution in [-0.2, 0) is 13.6 Å². The zero-order valence-corrected chi connectivity index (χ0v) is 12.0. The van der Waals surface area contributed by atoms with Crippen molar-refractivity contribution in [2.24, 2.45) is 7.05 Å². The second kappa shape index (κ2) is 5.77. The van der Waals surface area contributed by atoms with Crippen molar-refractivity contribution < 1.29 is 4.79 Å². The number of aryl methyl sites for hydroxylation is 1. The van der Waals surface area contributed by atoms with Gasteiger partial charge in [0.25, 0.3) is 11.5 Å². The normalized spacial score (nSPS) is 10.6. The number of rotatable bonds is 3. The maximum absolute atomic E-state index is 12.3. The summed E-state index contributed by atoms with van der Waals surface area (Å²) in [6, 6.07) is 10.6. The molecule has 1 amide bonds. The fourth-order valence-corrected chi connectivity index (χ4v) is 2.23. The van der Waals surface area contributed by atoms with E-state index in [1.165, 1.54) is 4.57 Å². The number of pyridine rings is 3. The van der Waals surface area contributed by atoms with Crippen LogP contribution in [0.3, 0.4) is 0 Å². The largest absolute Gasteiger partial charge is 0.346 e. The van der Waals surface area contributed by atoms with Crippen LogP contribution in [0.2, 0.25) is 0 Å². The number of amides is 1. The molecular formula is C16H14N4O2. The predicted molar refractivity (Wildman–Crippen MR) is 82.4 cm³/mol. The van der Waals surface area contributed by atoms with Gasteiger partial charge in [-0.1, -0.05) is 6.07 Å². The van der Waals surface area contributed by atoms with E-state index in [-0.39, 0.29) is 17.7 Å². The molecule has 0 aliphatic carbocycles. The average Bonchev–Trinajstić information content (AvgIpc) is 2.57. The highest BCUT2D eigenvalue weighted by Gasteiger charge is 2.14. The van der Waals surface area contributed by atoms with Gasteiger partial charge in [-0.15, -0.1) is 0 Å². The highest BCUT2D eigenvalue weighted by atomic mass is 16.2. The molecule has 0 saturated carbocycles. The van der Waals surface area contributed by atoms with Crippen LogP contribution in [0.15, 0.2) is 53.6 Å². The van der Waals surface area contributed by atoms with Gasteiger partial charge in [0.05, 0.1) is 12.2 Å². The molecule has 0 aromatic carbocycles. The lowest BCUT2D eigenvalue weighted by atomic mass is 10.2. The Bertz CT molecular complexity index is 888. The number of carbonyl (C=O) groups excluding carboxylic acids is 1. The number of hydrogen-bond donors (Lipinski definition) is 1. The lowest BCUT2D eigenvalue weighted by Crippen LogP contribution is -2.32. The first-order valence-corrected chi connectivity index (χ1v) is 6.79. The van der Waals surface area contributed by atoms with Crippen LogP contribution >= 0.6 is 0 Å². The summed E-state index contributed by atoms with van der Waals surface area (Å²) in [5.74, 6) is -0.419. The Morgan fingerprint density at radius 3 is 2.77 bits per heavy atom. The summed E-state index contributed by atoms with van der Waals surface area (Å²) in [6.45, 7) is 0.272. The minimum atomic E-state index is -0.419. The first-order valence-electron chi connectivity index (χ1n) is 6.79. The van der Waals surface area contributed by atoms with Crippen molar-refractivity contribution in [3.05, 3.63) is 70.4 Å². The third-order valence-electron chi connectivity index (χ3n) is 3.37. The molecule has 3 aromatic heterocycles. The van der Waals surface area contributed by atoms with Gasteiger partial charge in [0, 0.05) is 24.8 Å². The van der Waals surface area contributed by atoms with Crippen LogP contribution in [0, 0.1) is 0 Å². The van der Waals surface area contributed by atoms with Crippen molar-refractivity contribution in [3.63, 3.8) is 0 Å². The summed E-state index contributed by atoms with van der Waals surface area (Å²) in [4.78, 5) is 32.8. The molecule has 0 bridgehead atoms. The van der Waals surface area contributed by atoms with Crippen LogP contribution < -0.4 is 10.9 Å². The van der Waals surface area contributed by atoms with Crippen molar-refractivity contribution >= 4 is 16.9 Å². The first-order chi connectivity index (χ1) is 10.7. The van der Waals surface area contributed by atoms with Gasteiger partial charge in [-0.2, -0.15) is 0 Å². The second-order valence-corrected chi connectivity index (χ2v) is 4.84. The van der Waals surface area contributed by atoms with Gasteiger partial charge < -0.3 is 5.32 Å². The fraction of sp³-hybridized carbons (Fsp3) is 0.125. The molecule has 22 heavy (non-hydrogen) atoms. The number of aromatic nitrogens is 3. The van der Waals surface area contributed by atoms with Crippen LogP contribution in [0.4, 0.5) is 0 Å². The van der Waals surface area contributed by atoms with Gasteiger partial charge in [-0.05, 0) is 30.3 Å². The smallest absolute Gasteiger partial charge is 0.264 e. The Balaban J connectivity index is 1.91. The molecule has 1 N–H and O–H groups in total. The number of nitrogens with one attached hydrogen (secondary N) is 1. The third kappa shape index (κ3) is 2.58. The standard InChI is InChI=1S/C16H14N4O2/c1-20-14-11(5-4-8-18-14)9-13(16(20)22)15(21)19-10-12-6-2-3-7-17-12/h2-9H,10H2,1H3,(H,19,21). The Labute approximate surface area is 126 Å². The minimum Gasteiger partial charge on any atom is -0.346 e. The van der Waals surface area contributed by atoms with E-state index < -0.39 is 5.91 Å². The molecule has 3 aromatic rings. The molecule has 110 valence electrons. The molecule has 0 aliphatic rings. The Kier molecular flexibility index (Phi) is 3.65. The molecule has 3 rings (SSSR count). The summed E-state index contributed by atoms with van der Waals surface area (Å²) >= 11 is 0. The van der Waals surface area contributed by atoms with Crippen molar-refractivity contribution in [2.75, 3.05) is 0 Å². The zero-order valence-electron chi connectivity index (χ0n) is 12.0. The van der Waals surface area contributed by atoms with Crippen molar-refractivity contribution in [2.45, 2.75) is 6.54 Å². The fourth-order valence-electron chi connectivity index (χ4n) is 2.23. The first kappa shape index (κ1) is 13.9. The Morgan fingerprint density at radius 1 is 1.18 bits per heavy atom. The third-order valence-corrected chi connectivity index (χ3v) is 3.37. The summed E-state index contributed by atoms with van der Waals surface area (Å²) < 4.78 is 1.38. The van der Waals surface area contributed by atoms with Crippen molar-refractivity contribution in [3.8, 4) is 0 Å². The highest BCUT2D eigenvalue weighted by Crippen LogP contribution is 2.09. The van der Waals surface area contributed by atoms with E-state index in [0.29, 0.717) is 5.65 Å². The molecule has 3 heterocycles. The molecular weight excluding hydrogens is 280 g/mol. The maximum atomic E-state index is 12.3. The molecule has 0 aliphatic heterocycles.